The normalized spacial score (nSPS) is 11.8. The minimum atomic E-state index is -0.808. The van der Waals surface area contributed by atoms with Gasteiger partial charge in [-0.3, -0.25) is 14.4 Å². The van der Waals surface area contributed by atoms with Gasteiger partial charge in [-0.25, -0.2) is 0 Å². The molecule has 0 saturated heterocycles. The van der Waals surface area contributed by atoms with Crippen molar-refractivity contribution in [2.75, 3.05) is 6.54 Å². The first-order valence-electron chi connectivity index (χ1n) is 6.18. The lowest BCUT2D eigenvalue weighted by Crippen LogP contribution is -2.28. The summed E-state index contributed by atoms with van der Waals surface area (Å²) in [6, 6.07) is 4.39. The second-order valence-corrected chi connectivity index (χ2v) is 4.51. The fourth-order valence-electron chi connectivity index (χ4n) is 1.62. The molecule has 0 aromatic carbocycles. The highest BCUT2D eigenvalue weighted by Gasteiger charge is 2.08. The zero-order chi connectivity index (χ0) is 14.3. The van der Waals surface area contributed by atoms with Crippen LogP contribution in [0.3, 0.4) is 0 Å². The summed E-state index contributed by atoms with van der Waals surface area (Å²) in [6.45, 7) is 2.40. The van der Waals surface area contributed by atoms with Gasteiger partial charge < -0.3 is 15.4 Å². The molecule has 6 nitrogen and oxygen atoms in total. The van der Waals surface area contributed by atoms with E-state index in [1.54, 1.807) is 0 Å². The van der Waals surface area contributed by atoms with E-state index in [0.717, 1.165) is 0 Å². The van der Waals surface area contributed by atoms with Gasteiger partial charge in [0.15, 0.2) is 0 Å². The van der Waals surface area contributed by atoms with Crippen molar-refractivity contribution in [3.8, 4) is 0 Å². The molecule has 104 valence electrons. The van der Waals surface area contributed by atoms with Crippen LogP contribution in [0.1, 0.15) is 36.7 Å². The fourth-order valence-corrected chi connectivity index (χ4v) is 1.62. The Kier molecular flexibility index (Phi) is 5.78. The van der Waals surface area contributed by atoms with Gasteiger partial charge in [0.05, 0.1) is 0 Å². The van der Waals surface area contributed by atoms with Gasteiger partial charge in [0.1, 0.15) is 5.69 Å². The topological polar surface area (TPSA) is 99.3 Å². The quantitative estimate of drug-likeness (QED) is 0.685. The van der Waals surface area contributed by atoms with E-state index < -0.39 is 5.97 Å². The SMILES string of the molecule is CC(CCNC(=O)c1cccc(=O)[nH]1)CCC(=O)O. The van der Waals surface area contributed by atoms with Crippen molar-refractivity contribution in [3.63, 3.8) is 0 Å². The number of carbonyl (C=O) groups is 2. The van der Waals surface area contributed by atoms with Crippen LogP contribution in [0, 0.1) is 5.92 Å². The van der Waals surface area contributed by atoms with Crippen LogP contribution in [0.15, 0.2) is 23.0 Å². The highest BCUT2D eigenvalue weighted by molar-refractivity contribution is 5.92. The van der Waals surface area contributed by atoms with Crippen LogP contribution in [0.2, 0.25) is 0 Å². The number of carboxylic acids is 1. The maximum absolute atomic E-state index is 11.7. The Morgan fingerprint density at radius 2 is 2.11 bits per heavy atom. The summed E-state index contributed by atoms with van der Waals surface area (Å²) in [7, 11) is 0. The number of hydrogen-bond donors (Lipinski definition) is 3. The van der Waals surface area contributed by atoms with Crippen molar-refractivity contribution in [2.45, 2.75) is 26.2 Å². The van der Waals surface area contributed by atoms with Crippen LogP contribution in [0.25, 0.3) is 0 Å². The van der Waals surface area contributed by atoms with E-state index in [9.17, 15) is 14.4 Å². The third kappa shape index (κ3) is 5.85. The Balaban J connectivity index is 2.31. The van der Waals surface area contributed by atoms with Gasteiger partial charge in [-0.05, 0) is 24.8 Å². The Morgan fingerprint density at radius 1 is 1.37 bits per heavy atom. The molecule has 6 heteroatoms. The molecule has 0 radical (unpaired) electrons. The van der Waals surface area contributed by atoms with E-state index >= 15 is 0 Å². The summed E-state index contributed by atoms with van der Waals surface area (Å²) in [5.74, 6) is -0.910. The smallest absolute Gasteiger partial charge is 0.303 e. The highest BCUT2D eigenvalue weighted by atomic mass is 16.4. The van der Waals surface area contributed by atoms with Crippen LogP contribution in [0.5, 0.6) is 0 Å². The fraction of sp³-hybridized carbons (Fsp3) is 0.462. The molecular weight excluding hydrogens is 248 g/mol. The summed E-state index contributed by atoms with van der Waals surface area (Å²) >= 11 is 0. The predicted octanol–water partition coefficient (Wildman–Crippen LogP) is 0.996. The van der Waals surface area contributed by atoms with Crippen molar-refractivity contribution in [1.29, 1.82) is 0 Å². The Bertz CT molecular complexity index is 495. The number of amides is 1. The summed E-state index contributed by atoms with van der Waals surface area (Å²) in [5.41, 5.74) is -0.0897. The molecule has 1 rings (SSSR count). The number of pyridine rings is 1. The molecular formula is C13H18N2O4. The number of aromatic amines is 1. The van der Waals surface area contributed by atoms with Crippen LogP contribution in [0.4, 0.5) is 0 Å². The van der Waals surface area contributed by atoms with Gasteiger partial charge >= 0.3 is 5.97 Å². The molecule has 1 heterocycles. The first kappa shape index (κ1) is 14.9. The maximum Gasteiger partial charge on any atom is 0.303 e. The Hall–Kier alpha value is -2.11. The van der Waals surface area contributed by atoms with Gasteiger partial charge in [-0.15, -0.1) is 0 Å². The van der Waals surface area contributed by atoms with E-state index in [2.05, 4.69) is 10.3 Å². The molecule has 0 aliphatic rings. The van der Waals surface area contributed by atoms with Gasteiger partial charge in [0.2, 0.25) is 5.56 Å². The minimum Gasteiger partial charge on any atom is -0.481 e. The van der Waals surface area contributed by atoms with Crippen molar-refractivity contribution < 1.29 is 14.7 Å². The second kappa shape index (κ2) is 7.35. The standard InChI is InChI=1S/C13H18N2O4/c1-9(5-6-12(17)18)7-8-14-13(19)10-3-2-4-11(16)15-10/h2-4,9H,5-8H2,1H3,(H,14,19)(H,15,16)(H,17,18). The summed E-state index contributed by atoms with van der Waals surface area (Å²) in [4.78, 5) is 35.5. The number of H-pyrrole nitrogens is 1. The third-order valence-electron chi connectivity index (χ3n) is 2.79. The molecule has 0 bridgehead atoms. The Morgan fingerprint density at radius 3 is 2.74 bits per heavy atom. The predicted molar refractivity (Wildman–Crippen MR) is 70.0 cm³/mol. The first-order chi connectivity index (χ1) is 8.99. The van der Waals surface area contributed by atoms with Crippen LogP contribution in [-0.4, -0.2) is 28.5 Å². The lowest BCUT2D eigenvalue weighted by molar-refractivity contribution is -0.137. The lowest BCUT2D eigenvalue weighted by Gasteiger charge is -2.10. The van der Waals surface area contributed by atoms with E-state index in [-0.39, 0.29) is 29.5 Å². The zero-order valence-electron chi connectivity index (χ0n) is 10.8. The highest BCUT2D eigenvalue weighted by Crippen LogP contribution is 2.09. The maximum atomic E-state index is 11.7. The number of rotatable bonds is 7. The number of carboxylic acid groups (broad SMARTS) is 1. The number of carbonyl (C=O) groups excluding carboxylic acids is 1. The average molecular weight is 266 g/mol. The largest absolute Gasteiger partial charge is 0.481 e. The lowest BCUT2D eigenvalue weighted by atomic mass is 10.0. The van der Waals surface area contributed by atoms with Crippen molar-refractivity contribution in [1.82, 2.24) is 10.3 Å². The molecule has 1 unspecified atom stereocenters. The monoisotopic (exact) mass is 266 g/mol. The van der Waals surface area contributed by atoms with Crippen molar-refractivity contribution in [3.05, 3.63) is 34.2 Å². The molecule has 1 aromatic heterocycles. The molecule has 1 aromatic rings. The number of aliphatic carboxylic acids is 1. The third-order valence-corrected chi connectivity index (χ3v) is 2.79. The van der Waals surface area contributed by atoms with Crippen LogP contribution < -0.4 is 10.9 Å². The van der Waals surface area contributed by atoms with E-state index in [0.29, 0.717) is 19.4 Å². The Labute approximate surface area is 110 Å². The van der Waals surface area contributed by atoms with Gasteiger partial charge in [-0.1, -0.05) is 13.0 Å². The summed E-state index contributed by atoms with van der Waals surface area (Å²) in [6.07, 6.45) is 1.44. The van der Waals surface area contributed by atoms with Gasteiger partial charge in [0.25, 0.3) is 5.91 Å². The molecule has 1 atom stereocenters. The summed E-state index contributed by atoms with van der Waals surface area (Å²) < 4.78 is 0. The zero-order valence-corrected chi connectivity index (χ0v) is 10.8. The summed E-state index contributed by atoms with van der Waals surface area (Å²) in [5, 5.41) is 11.2. The molecule has 0 aliphatic carbocycles. The number of aromatic nitrogens is 1. The molecule has 0 aliphatic heterocycles. The molecule has 19 heavy (non-hydrogen) atoms. The van der Waals surface area contributed by atoms with Crippen molar-refractivity contribution >= 4 is 11.9 Å². The number of hydrogen-bond acceptors (Lipinski definition) is 3. The first-order valence-corrected chi connectivity index (χ1v) is 6.18. The molecule has 3 N–H and O–H groups in total. The molecule has 0 fully saturated rings. The molecule has 0 saturated carbocycles. The van der Waals surface area contributed by atoms with Crippen molar-refractivity contribution in [2.24, 2.45) is 5.92 Å². The minimum absolute atomic E-state index is 0.140. The average Bonchev–Trinajstić information content (AvgIpc) is 2.36. The van der Waals surface area contributed by atoms with E-state index in [1.165, 1.54) is 18.2 Å². The number of nitrogens with one attached hydrogen (secondary N) is 2. The molecule has 1 amide bonds. The van der Waals surface area contributed by atoms with E-state index in [1.807, 2.05) is 6.92 Å². The van der Waals surface area contributed by atoms with Crippen LogP contribution in [-0.2, 0) is 4.79 Å². The molecule has 0 spiro atoms. The van der Waals surface area contributed by atoms with Gasteiger partial charge in [0, 0.05) is 19.0 Å². The second-order valence-electron chi connectivity index (χ2n) is 4.51. The van der Waals surface area contributed by atoms with Crippen LogP contribution >= 0.6 is 0 Å². The van der Waals surface area contributed by atoms with E-state index in [4.69, 9.17) is 5.11 Å². The van der Waals surface area contributed by atoms with Gasteiger partial charge in [-0.2, -0.15) is 0 Å².